The Kier molecular flexibility index (Phi) is 5.58. The molecule has 2 N–H and O–H groups in total. The quantitative estimate of drug-likeness (QED) is 0.837. The SMILES string of the molecule is CCC(N)C(SC1CCCC(C)C1)c1ccsc1. The van der Waals surface area contributed by atoms with Crippen LogP contribution in [-0.2, 0) is 0 Å². The fourth-order valence-corrected chi connectivity index (χ4v) is 5.42. The molecule has 1 fully saturated rings. The first-order valence-electron chi connectivity index (χ1n) is 7.13. The predicted molar refractivity (Wildman–Crippen MR) is 84.3 cm³/mol. The first kappa shape index (κ1) is 14.4. The molecular weight excluding hydrogens is 258 g/mol. The lowest BCUT2D eigenvalue weighted by Crippen LogP contribution is -2.28. The molecule has 1 nitrogen and oxygen atoms in total. The molecule has 1 aromatic rings. The molecule has 0 saturated heterocycles. The summed E-state index contributed by atoms with van der Waals surface area (Å²) in [4.78, 5) is 0. The summed E-state index contributed by atoms with van der Waals surface area (Å²) < 4.78 is 0. The number of hydrogen-bond acceptors (Lipinski definition) is 3. The van der Waals surface area contributed by atoms with Gasteiger partial charge in [-0.1, -0.05) is 26.7 Å². The summed E-state index contributed by atoms with van der Waals surface area (Å²) in [5, 5.41) is 5.77. The van der Waals surface area contributed by atoms with Crippen LogP contribution in [0.3, 0.4) is 0 Å². The van der Waals surface area contributed by atoms with Crippen LogP contribution in [0.15, 0.2) is 16.8 Å². The third-order valence-electron chi connectivity index (χ3n) is 3.96. The Balaban J connectivity index is 2.01. The summed E-state index contributed by atoms with van der Waals surface area (Å²) in [5.74, 6) is 0.900. The van der Waals surface area contributed by atoms with Gasteiger partial charge in [-0.25, -0.2) is 0 Å². The molecule has 4 unspecified atom stereocenters. The van der Waals surface area contributed by atoms with E-state index >= 15 is 0 Å². The minimum atomic E-state index is 0.293. The van der Waals surface area contributed by atoms with Crippen molar-refractivity contribution in [1.82, 2.24) is 0 Å². The van der Waals surface area contributed by atoms with Gasteiger partial charge < -0.3 is 5.73 Å². The van der Waals surface area contributed by atoms with Crippen LogP contribution >= 0.6 is 23.1 Å². The molecule has 4 atom stereocenters. The van der Waals surface area contributed by atoms with Crippen LogP contribution in [0.25, 0.3) is 0 Å². The number of thioether (sulfide) groups is 1. The maximum atomic E-state index is 6.34. The van der Waals surface area contributed by atoms with Crippen molar-refractivity contribution < 1.29 is 0 Å². The molecule has 1 aromatic heterocycles. The second-order valence-electron chi connectivity index (χ2n) is 5.58. The molecule has 0 radical (unpaired) electrons. The fourth-order valence-electron chi connectivity index (χ4n) is 2.79. The Morgan fingerprint density at radius 1 is 1.50 bits per heavy atom. The molecule has 1 saturated carbocycles. The first-order chi connectivity index (χ1) is 8.70. The normalized spacial score (nSPS) is 27.9. The Labute approximate surface area is 120 Å². The molecule has 3 heteroatoms. The predicted octanol–water partition coefficient (Wildman–Crippen LogP) is 4.84. The number of thiophene rings is 1. The molecule has 0 spiro atoms. The summed E-state index contributed by atoms with van der Waals surface area (Å²) >= 11 is 3.93. The van der Waals surface area contributed by atoms with Gasteiger partial charge in [0.05, 0.1) is 0 Å². The number of rotatable bonds is 5. The van der Waals surface area contributed by atoms with Crippen molar-refractivity contribution in [2.75, 3.05) is 0 Å². The van der Waals surface area contributed by atoms with Crippen LogP contribution in [0, 0.1) is 5.92 Å². The highest BCUT2D eigenvalue weighted by Crippen LogP contribution is 2.42. The van der Waals surface area contributed by atoms with E-state index in [1.807, 2.05) is 0 Å². The van der Waals surface area contributed by atoms with E-state index < -0.39 is 0 Å². The van der Waals surface area contributed by atoms with Crippen molar-refractivity contribution in [2.24, 2.45) is 11.7 Å². The Hall–Kier alpha value is 0.01000. The minimum Gasteiger partial charge on any atom is -0.326 e. The van der Waals surface area contributed by atoms with E-state index in [9.17, 15) is 0 Å². The average Bonchev–Trinajstić information content (AvgIpc) is 2.89. The van der Waals surface area contributed by atoms with Crippen molar-refractivity contribution in [2.45, 2.75) is 62.5 Å². The maximum Gasteiger partial charge on any atom is 0.0459 e. The Morgan fingerprint density at radius 2 is 2.33 bits per heavy atom. The third kappa shape index (κ3) is 3.75. The van der Waals surface area contributed by atoms with E-state index in [1.54, 1.807) is 11.3 Å². The van der Waals surface area contributed by atoms with Gasteiger partial charge in [-0.2, -0.15) is 11.3 Å². The standard InChI is InChI=1S/C15H25NS2/c1-3-14(16)15(12-7-8-17-10-12)18-13-6-4-5-11(2)9-13/h7-8,10-11,13-15H,3-6,9,16H2,1-2H3. The van der Waals surface area contributed by atoms with Gasteiger partial charge in [-0.05, 0) is 47.6 Å². The van der Waals surface area contributed by atoms with E-state index in [1.165, 1.54) is 31.2 Å². The van der Waals surface area contributed by atoms with Crippen LogP contribution in [0.5, 0.6) is 0 Å². The topological polar surface area (TPSA) is 26.0 Å². The lowest BCUT2D eigenvalue weighted by molar-refractivity contribution is 0.393. The van der Waals surface area contributed by atoms with Crippen LogP contribution in [0.1, 0.15) is 56.8 Å². The number of hydrogen-bond donors (Lipinski definition) is 1. The van der Waals surface area contributed by atoms with E-state index in [0.29, 0.717) is 11.3 Å². The maximum absolute atomic E-state index is 6.34. The van der Waals surface area contributed by atoms with Gasteiger partial charge in [0.25, 0.3) is 0 Å². The summed E-state index contributed by atoms with van der Waals surface area (Å²) in [6.45, 7) is 4.60. The first-order valence-corrected chi connectivity index (χ1v) is 9.02. The van der Waals surface area contributed by atoms with Crippen molar-refractivity contribution >= 4 is 23.1 Å². The van der Waals surface area contributed by atoms with E-state index in [-0.39, 0.29) is 0 Å². The smallest absolute Gasteiger partial charge is 0.0459 e. The summed E-state index contributed by atoms with van der Waals surface area (Å²) in [7, 11) is 0. The highest BCUT2D eigenvalue weighted by Gasteiger charge is 2.26. The largest absolute Gasteiger partial charge is 0.326 e. The number of nitrogens with two attached hydrogens (primary N) is 1. The van der Waals surface area contributed by atoms with Crippen molar-refractivity contribution in [1.29, 1.82) is 0 Å². The molecule has 0 aliphatic heterocycles. The summed E-state index contributed by atoms with van der Waals surface area (Å²) in [6, 6.07) is 2.55. The fraction of sp³-hybridized carbons (Fsp3) is 0.733. The lowest BCUT2D eigenvalue weighted by atomic mass is 9.90. The molecule has 102 valence electrons. The van der Waals surface area contributed by atoms with Gasteiger partial charge in [0, 0.05) is 16.5 Å². The molecule has 1 aliphatic rings. The molecule has 0 aromatic carbocycles. The molecular formula is C15H25NS2. The zero-order valence-electron chi connectivity index (χ0n) is 11.5. The van der Waals surface area contributed by atoms with Crippen LogP contribution in [0.2, 0.25) is 0 Å². The van der Waals surface area contributed by atoms with E-state index in [2.05, 4.69) is 42.4 Å². The van der Waals surface area contributed by atoms with E-state index in [4.69, 9.17) is 5.73 Å². The summed E-state index contributed by atoms with van der Waals surface area (Å²) in [5.41, 5.74) is 7.79. The van der Waals surface area contributed by atoms with Crippen LogP contribution < -0.4 is 5.73 Å². The summed E-state index contributed by atoms with van der Waals surface area (Å²) in [6.07, 6.45) is 6.64. The van der Waals surface area contributed by atoms with Gasteiger partial charge in [-0.15, -0.1) is 11.8 Å². The van der Waals surface area contributed by atoms with Crippen molar-refractivity contribution in [3.8, 4) is 0 Å². The average molecular weight is 284 g/mol. The molecule has 1 aliphatic carbocycles. The van der Waals surface area contributed by atoms with Crippen molar-refractivity contribution in [3.63, 3.8) is 0 Å². The monoisotopic (exact) mass is 283 g/mol. The highest BCUT2D eigenvalue weighted by atomic mass is 32.2. The molecule has 0 bridgehead atoms. The van der Waals surface area contributed by atoms with Gasteiger partial charge in [0.1, 0.15) is 0 Å². The van der Waals surface area contributed by atoms with Gasteiger partial charge in [-0.3, -0.25) is 0 Å². The van der Waals surface area contributed by atoms with E-state index in [0.717, 1.165) is 17.6 Å². The lowest BCUT2D eigenvalue weighted by Gasteiger charge is -2.31. The highest BCUT2D eigenvalue weighted by molar-refractivity contribution is 8.00. The van der Waals surface area contributed by atoms with Crippen molar-refractivity contribution in [3.05, 3.63) is 22.4 Å². The Morgan fingerprint density at radius 3 is 2.94 bits per heavy atom. The van der Waals surface area contributed by atoms with Crippen LogP contribution in [-0.4, -0.2) is 11.3 Å². The molecule has 2 rings (SSSR count). The molecule has 1 heterocycles. The molecule has 18 heavy (non-hydrogen) atoms. The molecule has 0 amide bonds. The Bertz CT molecular complexity index is 336. The van der Waals surface area contributed by atoms with Gasteiger partial charge in [0.2, 0.25) is 0 Å². The third-order valence-corrected chi connectivity index (χ3v) is 6.39. The van der Waals surface area contributed by atoms with Crippen LogP contribution in [0.4, 0.5) is 0 Å². The second-order valence-corrected chi connectivity index (χ2v) is 7.81. The zero-order valence-corrected chi connectivity index (χ0v) is 13.1. The van der Waals surface area contributed by atoms with Gasteiger partial charge >= 0.3 is 0 Å². The van der Waals surface area contributed by atoms with Gasteiger partial charge in [0.15, 0.2) is 0 Å². The zero-order chi connectivity index (χ0) is 13.0. The second kappa shape index (κ2) is 6.97. The minimum absolute atomic E-state index is 0.293.